The maximum absolute atomic E-state index is 13.1. The van der Waals surface area contributed by atoms with E-state index in [9.17, 15) is 22.4 Å². The van der Waals surface area contributed by atoms with Crippen molar-refractivity contribution in [3.63, 3.8) is 0 Å². The van der Waals surface area contributed by atoms with Gasteiger partial charge in [-0.25, -0.2) is 17.5 Å². The van der Waals surface area contributed by atoms with Gasteiger partial charge in [0.05, 0.1) is 11.3 Å². The highest BCUT2D eigenvalue weighted by Gasteiger charge is 2.13. The molecule has 2 aromatic rings. The van der Waals surface area contributed by atoms with Crippen LogP contribution in [0.4, 0.5) is 4.39 Å². The van der Waals surface area contributed by atoms with Crippen molar-refractivity contribution in [2.45, 2.75) is 0 Å². The summed E-state index contributed by atoms with van der Waals surface area (Å²) in [6.07, 6.45) is 0. The molecule has 0 atom stereocenters. The molecule has 1 amide bonds. The van der Waals surface area contributed by atoms with Crippen molar-refractivity contribution in [1.29, 1.82) is 0 Å². The number of hydrogen-bond donors (Lipinski definition) is 3. The van der Waals surface area contributed by atoms with Crippen LogP contribution in [0.3, 0.4) is 0 Å². The Kier molecular flexibility index (Phi) is 4.57. The maximum Gasteiger partial charge on any atom is 0.261 e. The summed E-state index contributed by atoms with van der Waals surface area (Å²) in [5.74, 6) is -1.50. The number of rotatable bonds is 5. The topological polar surface area (TPSA) is 108 Å². The van der Waals surface area contributed by atoms with Gasteiger partial charge in [0.15, 0.2) is 0 Å². The van der Waals surface area contributed by atoms with Gasteiger partial charge >= 0.3 is 0 Å². The van der Waals surface area contributed by atoms with Gasteiger partial charge in [0, 0.05) is 6.54 Å². The summed E-state index contributed by atoms with van der Waals surface area (Å²) >= 11 is 0. The number of amides is 1. The first-order valence-electron chi connectivity index (χ1n) is 6.34. The number of carbonyl (C=O) groups is 1. The molecule has 0 saturated carbocycles. The van der Waals surface area contributed by atoms with Crippen molar-refractivity contribution < 1.29 is 17.6 Å². The van der Waals surface area contributed by atoms with Gasteiger partial charge in [0.1, 0.15) is 11.4 Å². The van der Waals surface area contributed by atoms with Gasteiger partial charge < -0.3 is 10.3 Å². The molecule has 118 valence electrons. The van der Waals surface area contributed by atoms with Crippen molar-refractivity contribution in [2.24, 2.45) is 0 Å². The second kappa shape index (κ2) is 6.24. The van der Waals surface area contributed by atoms with Gasteiger partial charge in [-0.15, -0.1) is 0 Å². The smallest absolute Gasteiger partial charge is 0.261 e. The zero-order valence-electron chi connectivity index (χ0n) is 11.6. The van der Waals surface area contributed by atoms with E-state index < -0.39 is 27.3 Å². The van der Waals surface area contributed by atoms with Gasteiger partial charge in [-0.05, 0) is 36.7 Å². The van der Waals surface area contributed by atoms with E-state index in [4.69, 9.17) is 0 Å². The lowest BCUT2D eigenvalue weighted by atomic mass is 10.1. The molecule has 0 bridgehead atoms. The van der Waals surface area contributed by atoms with Gasteiger partial charge in [0.2, 0.25) is 10.0 Å². The van der Waals surface area contributed by atoms with E-state index in [2.05, 4.69) is 15.0 Å². The third kappa shape index (κ3) is 3.68. The molecule has 7 nitrogen and oxygen atoms in total. The molecule has 9 heteroatoms. The van der Waals surface area contributed by atoms with Crippen LogP contribution in [0.1, 0.15) is 10.4 Å². The molecule has 1 aromatic carbocycles. The number of halogens is 1. The number of nitrogens with one attached hydrogen (secondary N) is 3. The number of H-pyrrole nitrogens is 1. The van der Waals surface area contributed by atoms with Gasteiger partial charge in [-0.3, -0.25) is 9.59 Å². The highest BCUT2D eigenvalue weighted by Crippen LogP contribution is 2.12. The van der Waals surface area contributed by atoms with Crippen LogP contribution in [0.5, 0.6) is 0 Å². The number of benzene rings is 1. The fourth-order valence-corrected chi connectivity index (χ4v) is 2.41. The summed E-state index contributed by atoms with van der Waals surface area (Å²) in [6, 6.07) is 5.12. The number of pyridine rings is 1. The molecule has 0 aliphatic carbocycles. The van der Waals surface area contributed by atoms with Crippen LogP contribution < -0.4 is 15.6 Å². The van der Waals surface area contributed by atoms with Crippen LogP contribution in [0.15, 0.2) is 29.1 Å². The molecule has 0 aliphatic heterocycles. The van der Waals surface area contributed by atoms with Crippen LogP contribution in [0, 0.1) is 5.82 Å². The van der Waals surface area contributed by atoms with Crippen LogP contribution in [-0.2, 0) is 10.0 Å². The molecule has 0 saturated heterocycles. The zero-order valence-corrected chi connectivity index (χ0v) is 12.5. The minimum atomic E-state index is -3.44. The fourth-order valence-electron chi connectivity index (χ4n) is 1.84. The monoisotopic (exact) mass is 327 g/mol. The van der Waals surface area contributed by atoms with Crippen LogP contribution >= 0.6 is 0 Å². The van der Waals surface area contributed by atoms with E-state index in [-0.39, 0.29) is 23.4 Å². The molecule has 22 heavy (non-hydrogen) atoms. The Hall–Kier alpha value is -2.26. The predicted molar refractivity (Wildman–Crippen MR) is 79.7 cm³/mol. The molecule has 2 rings (SSSR count). The van der Waals surface area contributed by atoms with E-state index >= 15 is 0 Å². The van der Waals surface area contributed by atoms with Crippen LogP contribution in [-0.4, -0.2) is 38.7 Å². The van der Waals surface area contributed by atoms with E-state index in [1.54, 1.807) is 0 Å². The number of fused-ring (bicyclic) bond motifs is 1. The van der Waals surface area contributed by atoms with Gasteiger partial charge in [-0.1, -0.05) is 0 Å². The number of hydrogen-bond acceptors (Lipinski definition) is 4. The molecular weight excluding hydrogens is 313 g/mol. The highest BCUT2D eigenvalue weighted by molar-refractivity contribution is 7.89. The first-order valence-corrected chi connectivity index (χ1v) is 7.99. The standard InChI is InChI=1S/C13H14FN3O4S/c1-15-22(20,21)5-4-16-12(18)10-6-8-2-3-9(14)7-11(8)17-13(10)19/h2-3,6-7,15H,4-5H2,1H3,(H,16,18)(H,17,19). The fraction of sp³-hybridized carbons (Fsp3) is 0.231. The highest BCUT2D eigenvalue weighted by atomic mass is 32.2. The van der Waals surface area contributed by atoms with E-state index in [0.717, 1.165) is 6.07 Å². The minimum absolute atomic E-state index is 0.136. The van der Waals surface area contributed by atoms with Crippen molar-refractivity contribution in [2.75, 3.05) is 19.3 Å². The molecule has 0 unspecified atom stereocenters. The van der Waals surface area contributed by atoms with Crippen molar-refractivity contribution in [3.8, 4) is 0 Å². The number of aromatic nitrogens is 1. The van der Waals surface area contributed by atoms with Crippen LogP contribution in [0.2, 0.25) is 0 Å². The first kappa shape index (κ1) is 16.1. The Balaban J connectivity index is 2.20. The molecule has 0 radical (unpaired) electrons. The lowest BCUT2D eigenvalue weighted by Gasteiger charge is -2.06. The van der Waals surface area contributed by atoms with E-state index in [1.807, 2.05) is 0 Å². The van der Waals surface area contributed by atoms with E-state index in [1.165, 1.54) is 25.2 Å². The average Bonchev–Trinajstić information content (AvgIpc) is 2.46. The van der Waals surface area contributed by atoms with Crippen molar-refractivity contribution in [3.05, 3.63) is 46.0 Å². The summed E-state index contributed by atoms with van der Waals surface area (Å²) in [5, 5.41) is 2.85. The van der Waals surface area contributed by atoms with Gasteiger partial charge in [-0.2, -0.15) is 0 Å². The third-order valence-electron chi connectivity index (χ3n) is 3.02. The molecule has 3 N–H and O–H groups in total. The second-order valence-electron chi connectivity index (χ2n) is 4.52. The summed E-state index contributed by atoms with van der Waals surface area (Å²) in [7, 11) is -2.17. The number of aromatic amines is 1. The largest absolute Gasteiger partial charge is 0.351 e. The Bertz CT molecular complexity index is 876. The predicted octanol–water partition coefficient (Wildman–Crippen LogP) is -0.0538. The molecular formula is C13H14FN3O4S. The second-order valence-corrected chi connectivity index (χ2v) is 6.57. The number of sulfonamides is 1. The molecule has 1 heterocycles. The zero-order chi connectivity index (χ0) is 16.3. The molecule has 1 aromatic heterocycles. The van der Waals surface area contributed by atoms with Crippen molar-refractivity contribution in [1.82, 2.24) is 15.0 Å². The quantitative estimate of drug-likeness (QED) is 0.715. The van der Waals surface area contributed by atoms with Crippen LogP contribution in [0.25, 0.3) is 10.9 Å². The Morgan fingerprint density at radius 3 is 2.73 bits per heavy atom. The van der Waals surface area contributed by atoms with Gasteiger partial charge in [0.25, 0.3) is 11.5 Å². The summed E-state index contributed by atoms with van der Waals surface area (Å²) in [5.41, 5.74) is -0.563. The Morgan fingerprint density at radius 1 is 1.32 bits per heavy atom. The Morgan fingerprint density at radius 2 is 2.05 bits per heavy atom. The minimum Gasteiger partial charge on any atom is -0.351 e. The molecule has 0 fully saturated rings. The summed E-state index contributed by atoms with van der Waals surface area (Å²) in [4.78, 5) is 26.2. The van der Waals surface area contributed by atoms with Crippen molar-refractivity contribution >= 4 is 26.8 Å². The Labute approximate surface area is 125 Å². The number of carbonyl (C=O) groups excluding carboxylic acids is 1. The molecule has 0 aliphatic rings. The molecule has 0 spiro atoms. The summed E-state index contributed by atoms with van der Waals surface area (Å²) in [6.45, 7) is -0.136. The van der Waals surface area contributed by atoms with E-state index in [0.29, 0.717) is 5.39 Å². The lowest BCUT2D eigenvalue weighted by molar-refractivity contribution is 0.0955. The maximum atomic E-state index is 13.1. The normalized spacial score (nSPS) is 11.5. The SMILES string of the molecule is CNS(=O)(=O)CCNC(=O)c1cc2ccc(F)cc2[nH]c1=O. The average molecular weight is 327 g/mol. The lowest BCUT2D eigenvalue weighted by Crippen LogP contribution is -2.35. The third-order valence-corrected chi connectivity index (χ3v) is 4.38. The first-order chi connectivity index (χ1) is 10.3. The summed E-state index contributed by atoms with van der Waals surface area (Å²) < 4.78 is 37.6.